The molecule has 0 saturated heterocycles. The van der Waals surface area contributed by atoms with Gasteiger partial charge in [-0.1, -0.05) is 25.1 Å². The Hall–Kier alpha value is -3.29. The molecule has 2 heterocycles. The van der Waals surface area contributed by atoms with E-state index in [0.717, 1.165) is 6.20 Å². The van der Waals surface area contributed by atoms with E-state index in [1.807, 2.05) is 6.92 Å². The van der Waals surface area contributed by atoms with Gasteiger partial charge in [-0.2, -0.15) is 0 Å². The minimum atomic E-state index is -0.873. The Kier molecular flexibility index (Phi) is 4.66. The molecule has 0 unspecified atom stereocenters. The van der Waals surface area contributed by atoms with Crippen molar-refractivity contribution in [1.82, 2.24) is 15.3 Å². The third-order valence-electron chi connectivity index (χ3n) is 3.92. The van der Waals surface area contributed by atoms with Crippen molar-refractivity contribution in [2.75, 3.05) is 12.3 Å². The molecule has 0 saturated carbocycles. The molecular formula is C18H16F2N4O2. The molecule has 6 nitrogen and oxygen atoms in total. The number of aromatic amines is 1. The van der Waals surface area contributed by atoms with Crippen LogP contribution in [0.25, 0.3) is 22.2 Å². The lowest BCUT2D eigenvalue weighted by Crippen LogP contribution is -2.31. The summed E-state index contributed by atoms with van der Waals surface area (Å²) in [5.74, 6) is -2.26. The average molecular weight is 358 g/mol. The van der Waals surface area contributed by atoms with Crippen LogP contribution in [-0.2, 0) is 0 Å². The molecule has 1 amide bonds. The third kappa shape index (κ3) is 3.01. The monoisotopic (exact) mass is 358 g/mol. The van der Waals surface area contributed by atoms with Crippen molar-refractivity contribution >= 4 is 22.5 Å². The highest BCUT2D eigenvalue weighted by Crippen LogP contribution is 2.30. The Morgan fingerprint density at radius 3 is 2.81 bits per heavy atom. The van der Waals surface area contributed by atoms with E-state index in [-0.39, 0.29) is 28.0 Å². The lowest BCUT2D eigenvalue weighted by atomic mass is 10.0. The van der Waals surface area contributed by atoms with E-state index in [4.69, 9.17) is 5.73 Å². The Labute approximate surface area is 147 Å². The Morgan fingerprint density at radius 1 is 1.35 bits per heavy atom. The maximum Gasteiger partial charge on any atom is 0.263 e. The molecule has 3 aromatic rings. The second-order valence-electron chi connectivity index (χ2n) is 5.71. The van der Waals surface area contributed by atoms with Gasteiger partial charge in [-0.05, 0) is 6.42 Å². The van der Waals surface area contributed by atoms with Crippen LogP contribution in [0.3, 0.4) is 0 Å². The number of H-pyrrole nitrogens is 1. The molecule has 8 heteroatoms. The van der Waals surface area contributed by atoms with E-state index >= 15 is 0 Å². The highest BCUT2D eigenvalue weighted by molar-refractivity contribution is 6.08. The number of rotatable bonds is 4. The van der Waals surface area contributed by atoms with Gasteiger partial charge in [0.25, 0.3) is 11.5 Å². The van der Waals surface area contributed by atoms with E-state index in [9.17, 15) is 18.4 Å². The van der Waals surface area contributed by atoms with Gasteiger partial charge in [0.05, 0.1) is 17.4 Å². The summed E-state index contributed by atoms with van der Waals surface area (Å²) in [4.78, 5) is 31.0. The molecule has 2 aromatic heterocycles. The van der Waals surface area contributed by atoms with Crippen LogP contribution in [0.1, 0.15) is 23.7 Å². The van der Waals surface area contributed by atoms with Crippen LogP contribution in [0, 0.1) is 11.6 Å². The van der Waals surface area contributed by atoms with Gasteiger partial charge in [-0.3, -0.25) is 14.6 Å². The van der Waals surface area contributed by atoms with Gasteiger partial charge in [-0.25, -0.2) is 8.78 Å². The standard InChI is InChI=1S/C18H16F2N4O2/c1-2-6-22-17(25)13-14(21)10-4-3-5-11(15(10)24-18(13)26)16-12(20)7-9(19)8-23-16/h3-5,7-8H,2,6H2,1H3,(H,22,25)(H3,21,24,26). The van der Waals surface area contributed by atoms with Crippen LogP contribution in [0.4, 0.5) is 14.5 Å². The van der Waals surface area contributed by atoms with Crippen molar-refractivity contribution in [2.24, 2.45) is 0 Å². The summed E-state index contributed by atoms with van der Waals surface area (Å²) in [7, 11) is 0. The van der Waals surface area contributed by atoms with Gasteiger partial charge in [0.2, 0.25) is 0 Å². The molecule has 4 N–H and O–H groups in total. The number of pyridine rings is 2. The molecule has 1 aromatic carbocycles. The zero-order chi connectivity index (χ0) is 18.8. The predicted molar refractivity (Wildman–Crippen MR) is 94.8 cm³/mol. The van der Waals surface area contributed by atoms with Crippen LogP contribution in [0.15, 0.2) is 35.3 Å². The van der Waals surface area contributed by atoms with Crippen molar-refractivity contribution < 1.29 is 13.6 Å². The first-order valence-electron chi connectivity index (χ1n) is 7.98. The highest BCUT2D eigenvalue weighted by atomic mass is 19.1. The number of nitrogens with one attached hydrogen (secondary N) is 2. The number of hydrogen-bond acceptors (Lipinski definition) is 4. The fourth-order valence-corrected chi connectivity index (χ4v) is 2.71. The normalized spacial score (nSPS) is 10.9. The number of carbonyl (C=O) groups excluding carboxylic acids is 1. The molecule has 26 heavy (non-hydrogen) atoms. The number of nitrogens with zero attached hydrogens (tertiary/aromatic N) is 1. The van der Waals surface area contributed by atoms with Crippen LogP contribution in [0.5, 0.6) is 0 Å². The zero-order valence-corrected chi connectivity index (χ0v) is 13.9. The third-order valence-corrected chi connectivity index (χ3v) is 3.92. The molecule has 0 atom stereocenters. The van der Waals surface area contributed by atoms with Crippen molar-refractivity contribution in [3.63, 3.8) is 0 Å². The summed E-state index contributed by atoms with van der Waals surface area (Å²) in [6.07, 6.45) is 1.59. The first-order valence-corrected chi connectivity index (χ1v) is 7.98. The molecular weight excluding hydrogens is 342 g/mol. The van der Waals surface area contributed by atoms with E-state index in [1.54, 1.807) is 12.1 Å². The largest absolute Gasteiger partial charge is 0.397 e. The van der Waals surface area contributed by atoms with E-state index < -0.39 is 23.1 Å². The minimum absolute atomic E-state index is 0.0123. The van der Waals surface area contributed by atoms with Crippen LogP contribution in [0.2, 0.25) is 0 Å². The van der Waals surface area contributed by atoms with Gasteiger partial charge >= 0.3 is 0 Å². The quantitative estimate of drug-likeness (QED) is 0.667. The number of halogens is 2. The maximum absolute atomic E-state index is 14.1. The number of nitrogens with two attached hydrogens (primary N) is 1. The van der Waals surface area contributed by atoms with Crippen LogP contribution in [-0.4, -0.2) is 22.4 Å². The smallest absolute Gasteiger partial charge is 0.263 e. The maximum atomic E-state index is 14.1. The SMILES string of the molecule is CCCNC(=O)c1c(N)c2cccc(-c3ncc(F)cc3F)c2[nH]c1=O. The van der Waals surface area contributed by atoms with Crippen molar-refractivity contribution in [3.8, 4) is 11.3 Å². The predicted octanol–water partition coefficient (Wildman–Crippen LogP) is 2.59. The van der Waals surface area contributed by atoms with E-state index in [0.29, 0.717) is 24.4 Å². The molecule has 0 radical (unpaired) electrons. The number of anilines is 1. The summed E-state index contributed by atoms with van der Waals surface area (Å²) >= 11 is 0. The number of fused-ring (bicyclic) bond motifs is 1. The van der Waals surface area contributed by atoms with Crippen LogP contribution >= 0.6 is 0 Å². The summed E-state index contributed by atoms with van der Waals surface area (Å²) in [5, 5.41) is 2.97. The first-order chi connectivity index (χ1) is 12.4. The van der Waals surface area contributed by atoms with E-state index in [2.05, 4.69) is 15.3 Å². The average Bonchev–Trinajstić information content (AvgIpc) is 2.60. The molecule has 3 rings (SSSR count). The highest BCUT2D eigenvalue weighted by Gasteiger charge is 2.20. The molecule has 0 fully saturated rings. The number of aromatic nitrogens is 2. The topological polar surface area (TPSA) is 101 Å². The lowest BCUT2D eigenvalue weighted by Gasteiger charge is -2.12. The fourth-order valence-electron chi connectivity index (χ4n) is 2.71. The number of carbonyl (C=O) groups is 1. The molecule has 134 valence electrons. The fraction of sp³-hybridized carbons (Fsp3) is 0.167. The second kappa shape index (κ2) is 6.91. The summed E-state index contributed by atoms with van der Waals surface area (Å²) < 4.78 is 27.2. The molecule has 0 bridgehead atoms. The second-order valence-corrected chi connectivity index (χ2v) is 5.71. The number of hydrogen-bond donors (Lipinski definition) is 3. The molecule has 0 aliphatic rings. The Bertz CT molecular complexity index is 1060. The van der Waals surface area contributed by atoms with Gasteiger partial charge in [0.1, 0.15) is 17.1 Å². The summed E-state index contributed by atoms with van der Waals surface area (Å²) in [6, 6.07) is 5.42. The summed E-state index contributed by atoms with van der Waals surface area (Å²) in [6.45, 7) is 2.28. The number of benzene rings is 1. The number of amides is 1. The first kappa shape index (κ1) is 17.5. The van der Waals surface area contributed by atoms with Gasteiger partial charge in [0, 0.05) is 23.6 Å². The summed E-state index contributed by atoms with van der Waals surface area (Å²) in [5.41, 5.74) is 5.47. The van der Waals surface area contributed by atoms with Crippen molar-refractivity contribution in [3.05, 3.63) is 58.0 Å². The lowest BCUT2D eigenvalue weighted by molar-refractivity contribution is 0.0953. The minimum Gasteiger partial charge on any atom is -0.397 e. The zero-order valence-electron chi connectivity index (χ0n) is 13.9. The van der Waals surface area contributed by atoms with E-state index in [1.165, 1.54) is 6.07 Å². The van der Waals surface area contributed by atoms with Crippen molar-refractivity contribution in [2.45, 2.75) is 13.3 Å². The van der Waals surface area contributed by atoms with Gasteiger partial charge in [-0.15, -0.1) is 0 Å². The molecule has 0 spiro atoms. The Balaban J connectivity index is 2.24. The Morgan fingerprint density at radius 2 is 2.12 bits per heavy atom. The van der Waals surface area contributed by atoms with Gasteiger partial charge < -0.3 is 16.0 Å². The molecule has 0 aliphatic carbocycles. The molecule has 0 aliphatic heterocycles. The number of nitrogen functional groups attached to an aromatic ring is 1. The number of para-hydroxylation sites is 1. The van der Waals surface area contributed by atoms with Crippen LogP contribution < -0.4 is 16.6 Å². The van der Waals surface area contributed by atoms with Crippen molar-refractivity contribution in [1.29, 1.82) is 0 Å². The van der Waals surface area contributed by atoms with Gasteiger partial charge in [0.15, 0.2) is 5.82 Å².